The van der Waals surface area contributed by atoms with Gasteiger partial charge in [-0.2, -0.15) is 0 Å². The minimum absolute atomic E-state index is 0.191. The second-order valence-corrected chi connectivity index (χ2v) is 5.82. The van der Waals surface area contributed by atoms with Crippen LogP contribution < -0.4 is 0 Å². The second kappa shape index (κ2) is 6.23. The maximum Gasteiger partial charge on any atom is 0.410 e. The summed E-state index contributed by atoms with van der Waals surface area (Å²) in [6.07, 6.45) is 0.240. The molecule has 1 fully saturated rings. The summed E-state index contributed by atoms with van der Waals surface area (Å²) in [6.45, 7) is 6.38. The van der Waals surface area contributed by atoms with Crippen LogP contribution in [0.2, 0.25) is 0 Å². The van der Waals surface area contributed by atoms with Gasteiger partial charge in [-0.15, -0.1) is 0 Å². The number of carbonyl (C=O) groups excluding carboxylic acids is 1. The van der Waals surface area contributed by atoms with Crippen LogP contribution in [0.5, 0.6) is 0 Å². The van der Waals surface area contributed by atoms with Gasteiger partial charge in [-0.25, -0.2) is 9.59 Å². The van der Waals surface area contributed by atoms with E-state index < -0.39 is 23.8 Å². The largest absolute Gasteiger partial charge is 0.479 e. The van der Waals surface area contributed by atoms with Crippen molar-refractivity contribution in [3.8, 4) is 0 Å². The number of likely N-dealkylation sites (tertiary alicyclic amines) is 1. The first-order valence-electron chi connectivity index (χ1n) is 6.48. The van der Waals surface area contributed by atoms with Gasteiger partial charge in [0.25, 0.3) is 0 Å². The number of rotatable bonds is 3. The number of piperidine rings is 1. The third-order valence-electron chi connectivity index (χ3n) is 3.04. The van der Waals surface area contributed by atoms with Gasteiger partial charge < -0.3 is 19.5 Å². The van der Waals surface area contributed by atoms with E-state index >= 15 is 0 Å². The van der Waals surface area contributed by atoms with Crippen molar-refractivity contribution in [3.63, 3.8) is 0 Å². The van der Waals surface area contributed by atoms with E-state index in [1.807, 2.05) is 20.8 Å². The molecule has 1 rings (SSSR count). The molecule has 2 unspecified atom stereocenters. The minimum atomic E-state index is -0.987. The van der Waals surface area contributed by atoms with Crippen molar-refractivity contribution in [2.75, 3.05) is 20.2 Å². The molecule has 0 spiro atoms. The van der Waals surface area contributed by atoms with Crippen molar-refractivity contribution in [1.82, 2.24) is 4.90 Å². The molecule has 0 saturated carbocycles. The number of nitrogens with zero attached hydrogens (tertiary/aromatic N) is 1. The lowest BCUT2D eigenvalue weighted by molar-refractivity contribution is -0.153. The van der Waals surface area contributed by atoms with Crippen LogP contribution in [0.1, 0.15) is 33.6 Å². The molecule has 1 aliphatic heterocycles. The monoisotopic (exact) mass is 273 g/mol. The fraction of sp³-hybridized carbons (Fsp3) is 0.846. The Morgan fingerprint density at radius 1 is 1.37 bits per heavy atom. The lowest BCUT2D eigenvalue weighted by atomic mass is 9.92. The number of carboxylic acid groups (broad SMARTS) is 1. The molecule has 0 aromatic rings. The molecule has 1 saturated heterocycles. The van der Waals surface area contributed by atoms with Crippen LogP contribution in [-0.2, 0) is 14.3 Å². The SMILES string of the molecule is COC(C(=O)O)C1CCCN(C(=O)OC(C)(C)C)C1. The van der Waals surface area contributed by atoms with E-state index in [1.54, 1.807) is 4.90 Å². The molecule has 110 valence electrons. The topological polar surface area (TPSA) is 76.1 Å². The van der Waals surface area contributed by atoms with Crippen LogP contribution in [-0.4, -0.2) is 54.0 Å². The zero-order chi connectivity index (χ0) is 14.6. The molecule has 0 aromatic heterocycles. The predicted octanol–water partition coefficient (Wildman–Crippen LogP) is 1.73. The van der Waals surface area contributed by atoms with E-state index in [1.165, 1.54) is 7.11 Å². The van der Waals surface area contributed by atoms with Gasteiger partial charge in [-0.1, -0.05) is 0 Å². The summed E-state index contributed by atoms with van der Waals surface area (Å²) in [6, 6.07) is 0. The van der Waals surface area contributed by atoms with Gasteiger partial charge in [-0.05, 0) is 33.6 Å². The van der Waals surface area contributed by atoms with Gasteiger partial charge >= 0.3 is 12.1 Å². The number of hydrogen-bond acceptors (Lipinski definition) is 4. The van der Waals surface area contributed by atoms with Gasteiger partial charge in [0.05, 0.1) is 0 Å². The quantitative estimate of drug-likeness (QED) is 0.847. The lowest BCUT2D eigenvalue weighted by Crippen LogP contribution is -2.47. The summed E-state index contributed by atoms with van der Waals surface area (Å²) in [7, 11) is 1.38. The Bertz CT molecular complexity index is 336. The third-order valence-corrected chi connectivity index (χ3v) is 3.04. The Morgan fingerprint density at radius 2 is 2.00 bits per heavy atom. The van der Waals surface area contributed by atoms with E-state index in [0.29, 0.717) is 13.1 Å². The highest BCUT2D eigenvalue weighted by atomic mass is 16.6. The maximum atomic E-state index is 12.0. The molecule has 0 aromatic carbocycles. The van der Waals surface area contributed by atoms with Crippen LogP contribution in [0.25, 0.3) is 0 Å². The summed E-state index contributed by atoms with van der Waals surface area (Å²) < 4.78 is 10.3. The summed E-state index contributed by atoms with van der Waals surface area (Å²) >= 11 is 0. The number of aliphatic carboxylic acids is 1. The second-order valence-electron chi connectivity index (χ2n) is 5.82. The first kappa shape index (κ1) is 15.8. The highest BCUT2D eigenvalue weighted by Gasteiger charge is 2.34. The van der Waals surface area contributed by atoms with Crippen LogP contribution in [0.3, 0.4) is 0 Å². The highest BCUT2D eigenvalue weighted by Crippen LogP contribution is 2.23. The number of carbonyl (C=O) groups is 2. The highest BCUT2D eigenvalue weighted by molar-refractivity contribution is 5.73. The van der Waals surface area contributed by atoms with E-state index in [4.69, 9.17) is 14.6 Å². The standard InChI is InChI=1S/C13H23NO5/c1-13(2,3)19-12(17)14-7-5-6-9(8-14)10(18-4)11(15)16/h9-10H,5-8H2,1-4H3,(H,15,16). The molecule has 1 N–H and O–H groups in total. The summed E-state index contributed by atoms with van der Waals surface area (Å²) in [5, 5.41) is 9.08. The summed E-state index contributed by atoms with van der Waals surface area (Å²) in [5.74, 6) is -1.18. The van der Waals surface area contributed by atoms with Crippen molar-refractivity contribution < 1.29 is 24.2 Å². The van der Waals surface area contributed by atoms with Gasteiger partial charge in [0, 0.05) is 26.1 Å². The Kier molecular flexibility index (Phi) is 5.17. The van der Waals surface area contributed by atoms with E-state index in [-0.39, 0.29) is 5.92 Å². The van der Waals surface area contributed by atoms with Crippen molar-refractivity contribution in [3.05, 3.63) is 0 Å². The number of methoxy groups -OCH3 is 1. The molecular weight excluding hydrogens is 250 g/mol. The molecule has 1 heterocycles. The molecule has 0 bridgehead atoms. The molecule has 0 radical (unpaired) electrons. The van der Waals surface area contributed by atoms with Gasteiger partial charge in [0.2, 0.25) is 0 Å². The van der Waals surface area contributed by atoms with Crippen LogP contribution >= 0.6 is 0 Å². The molecule has 1 amide bonds. The van der Waals surface area contributed by atoms with E-state index in [0.717, 1.165) is 12.8 Å². The first-order valence-corrected chi connectivity index (χ1v) is 6.48. The summed E-state index contributed by atoms with van der Waals surface area (Å²) in [5.41, 5.74) is -0.544. The first-order chi connectivity index (χ1) is 8.74. The molecule has 6 heteroatoms. The zero-order valence-corrected chi connectivity index (χ0v) is 12.0. The van der Waals surface area contributed by atoms with Crippen LogP contribution in [0, 0.1) is 5.92 Å². The van der Waals surface area contributed by atoms with Gasteiger partial charge in [0.1, 0.15) is 5.60 Å². The maximum absolute atomic E-state index is 12.0. The summed E-state index contributed by atoms with van der Waals surface area (Å²) in [4.78, 5) is 24.6. The predicted molar refractivity (Wildman–Crippen MR) is 69.0 cm³/mol. The normalized spacial score (nSPS) is 21.9. The minimum Gasteiger partial charge on any atom is -0.479 e. The smallest absolute Gasteiger partial charge is 0.410 e. The molecule has 19 heavy (non-hydrogen) atoms. The average molecular weight is 273 g/mol. The Hall–Kier alpha value is -1.30. The Labute approximate surface area is 113 Å². The zero-order valence-electron chi connectivity index (χ0n) is 12.0. The number of amides is 1. The average Bonchev–Trinajstić information content (AvgIpc) is 2.27. The number of hydrogen-bond donors (Lipinski definition) is 1. The fourth-order valence-electron chi connectivity index (χ4n) is 2.24. The molecular formula is C13H23NO5. The molecule has 6 nitrogen and oxygen atoms in total. The lowest BCUT2D eigenvalue weighted by Gasteiger charge is -2.35. The Balaban J connectivity index is 2.64. The van der Waals surface area contributed by atoms with Crippen molar-refractivity contribution in [2.45, 2.75) is 45.3 Å². The van der Waals surface area contributed by atoms with Crippen LogP contribution in [0.15, 0.2) is 0 Å². The Morgan fingerprint density at radius 3 is 2.47 bits per heavy atom. The fourth-order valence-corrected chi connectivity index (χ4v) is 2.24. The van der Waals surface area contributed by atoms with Gasteiger partial charge in [0.15, 0.2) is 6.10 Å². The molecule has 2 atom stereocenters. The number of carboxylic acids is 1. The van der Waals surface area contributed by atoms with Gasteiger partial charge in [-0.3, -0.25) is 0 Å². The molecule has 1 aliphatic rings. The number of ether oxygens (including phenoxy) is 2. The van der Waals surface area contributed by atoms with Crippen molar-refractivity contribution >= 4 is 12.1 Å². The van der Waals surface area contributed by atoms with Crippen LogP contribution in [0.4, 0.5) is 4.79 Å². The van der Waals surface area contributed by atoms with Crippen molar-refractivity contribution in [2.24, 2.45) is 5.92 Å². The van der Waals surface area contributed by atoms with E-state index in [9.17, 15) is 9.59 Å². The van der Waals surface area contributed by atoms with E-state index in [2.05, 4.69) is 0 Å². The third kappa shape index (κ3) is 4.70. The molecule has 0 aliphatic carbocycles. The van der Waals surface area contributed by atoms with Crippen molar-refractivity contribution in [1.29, 1.82) is 0 Å².